The first-order valence-corrected chi connectivity index (χ1v) is 6.19. The van der Waals surface area contributed by atoms with Crippen LogP contribution in [0.15, 0.2) is 24.4 Å². The van der Waals surface area contributed by atoms with E-state index in [9.17, 15) is 0 Å². The fraction of sp³-hybridized carbons (Fsp3) is 0.429. The van der Waals surface area contributed by atoms with Crippen LogP contribution in [0.5, 0.6) is 0 Å². The van der Waals surface area contributed by atoms with Crippen molar-refractivity contribution < 1.29 is 0 Å². The van der Waals surface area contributed by atoms with Gasteiger partial charge in [-0.05, 0) is 37.6 Å². The molecule has 0 saturated heterocycles. The van der Waals surface area contributed by atoms with E-state index in [1.807, 2.05) is 20.3 Å². The predicted octanol–water partition coefficient (Wildman–Crippen LogP) is 1.94. The number of benzene rings is 1. The van der Waals surface area contributed by atoms with E-state index in [0.29, 0.717) is 0 Å². The van der Waals surface area contributed by atoms with Crippen molar-refractivity contribution in [3.8, 4) is 0 Å². The van der Waals surface area contributed by atoms with E-state index < -0.39 is 0 Å². The van der Waals surface area contributed by atoms with Crippen molar-refractivity contribution in [1.29, 1.82) is 0 Å². The molecule has 1 N–H and O–H groups in total. The molecule has 1 heterocycles. The van der Waals surface area contributed by atoms with Gasteiger partial charge in [-0.2, -0.15) is 0 Å². The van der Waals surface area contributed by atoms with E-state index in [4.69, 9.17) is 0 Å². The average Bonchev–Trinajstić information content (AvgIpc) is 2.75. The summed E-state index contributed by atoms with van der Waals surface area (Å²) in [6.45, 7) is 4.28. The van der Waals surface area contributed by atoms with Gasteiger partial charge < -0.3 is 5.32 Å². The monoisotopic (exact) mass is 244 g/mol. The van der Waals surface area contributed by atoms with E-state index in [2.05, 4.69) is 47.7 Å². The number of likely N-dealkylation sites (N-methyl/N-ethyl adjacent to an activating group) is 1. The highest BCUT2D eigenvalue weighted by Crippen LogP contribution is 2.19. The Balaban J connectivity index is 2.19. The zero-order valence-corrected chi connectivity index (χ0v) is 11.4. The van der Waals surface area contributed by atoms with Gasteiger partial charge in [0.05, 0.1) is 5.69 Å². The molecule has 0 fully saturated rings. The van der Waals surface area contributed by atoms with E-state index in [0.717, 1.165) is 12.1 Å². The molecule has 0 radical (unpaired) electrons. The predicted molar refractivity (Wildman–Crippen MR) is 72.4 cm³/mol. The van der Waals surface area contributed by atoms with Crippen molar-refractivity contribution in [2.45, 2.75) is 26.3 Å². The zero-order chi connectivity index (χ0) is 13.1. The minimum Gasteiger partial charge on any atom is -0.313 e. The van der Waals surface area contributed by atoms with Crippen LogP contribution in [0.1, 0.15) is 28.4 Å². The van der Waals surface area contributed by atoms with Crippen LogP contribution < -0.4 is 5.32 Å². The Hall–Kier alpha value is -1.68. The molecule has 1 atom stereocenters. The molecular formula is C14H20N4. The molecule has 2 aromatic rings. The SMILES string of the molecule is CNC(Cc1cn(C)nn1)c1ccc(C)c(C)c1. The summed E-state index contributed by atoms with van der Waals surface area (Å²) in [7, 11) is 3.87. The first-order valence-electron chi connectivity index (χ1n) is 6.19. The fourth-order valence-corrected chi connectivity index (χ4v) is 2.07. The van der Waals surface area contributed by atoms with Crippen LogP contribution in [0.2, 0.25) is 0 Å². The van der Waals surface area contributed by atoms with Crippen molar-refractivity contribution in [2.75, 3.05) is 7.05 Å². The van der Waals surface area contributed by atoms with Gasteiger partial charge in [0.1, 0.15) is 0 Å². The Morgan fingerprint density at radius 2 is 2.06 bits per heavy atom. The van der Waals surface area contributed by atoms with Crippen LogP contribution in [0.4, 0.5) is 0 Å². The Kier molecular flexibility index (Phi) is 3.77. The van der Waals surface area contributed by atoms with Crippen molar-refractivity contribution >= 4 is 0 Å². The largest absolute Gasteiger partial charge is 0.313 e. The molecule has 18 heavy (non-hydrogen) atoms. The summed E-state index contributed by atoms with van der Waals surface area (Å²) in [4.78, 5) is 0. The smallest absolute Gasteiger partial charge is 0.0845 e. The van der Waals surface area contributed by atoms with Crippen LogP contribution in [0.25, 0.3) is 0 Å². The summed E-state index contributed by atoms with van der Waals surface area (Å²) in [6.07, 6.45) is 2.82. The topological polar surface area (TPSA) is 42.7 Å². The lowest BCUT2D eigenvalue weighted by Gasteiger charge is -2.16. The first kappa shape index (κ1) is 12.8. The lowest BCUT2D eigenvalue weighted by Crippen LogP contribution is -2.19. The molecule has 0 aliphatic rings. The number of rotatable bonds is 4. The van der Waals surface area contributed by atoms with E-state index in [-0.39, 0.29) is 6.04 Å². The Bertz CT molecular complexity index is 530. The standard InChI is InChI=1S/C14H20N4/c1-10-5-6-12(7-11(10)2)14(15-3)8-13-9-18(4)17-16-13/h5-7,9,14-15H,8H2,1-4H3. The first-order chi connectivity index (χ1) is 8.60. The molecular weight excluding hydrogens is 224 g/mol. The summed E-state index contributed by atoms with van der Waals surface area (Å²) in [5.41, 5.74) is 4.96. The lowest BCUT2D eigenvalue weighted by molar-refractivity contribution is 0.583. The highest BCUT2D eigenvalue weighted by atomic mass is 15.4. The number of nitrogens with zero attached hydrogens (tertiary/aromatic N) is 3. The molecule has 0 aliphatic heterocycles. The minimum absolute atomic E-state index is 0.279. The summed E-state index contributed by atoms with van der Waals surface area (Å²) in [5, 5.41) is 11.5. The van der Waals surface area contributed by atoms with Crippen LogP contribution >= 0.6 is 0 Å². The number of hydrogen-bond acceptors (Lipinski definition) is 3. The van der Waals surface area contributed by atoms with E-state index in [1.165, 1.54) is 16.7 Å². The van der Waals surface area contributed by atoms with Gasteiger partial charge in [0.2, 0.25) is 0 Å². The number of hydrogen-bond donors (Lipinski definition) is 1. The van der Waals surface area contributed by atoms with Gasteiger partial charge >= 0.3 is 0 Å². The molecule has 1 aromatic heterocycles. The van der Waals surface area contributed by atoms with Crippen LogP contribution in [-0.2, 0) is 13.5 Å². The van der Waals surface area contributed by atoms with Crippen LogP contribution in [-0.4, -0.2) is 22.0 Å². The molecule has 1 aromatic carbocycles. The Morgan fingerprint density at radius 3 is 2.61 bits per heavy atom. The number of aryl methyl sites for hydroxylation is 3. The van der Waals surface area contributed by atoms with Gasteiger partial charge in [0, 0.05) is 25.7 Å². The van der Waals surface area contributed by atoms with Gasteiger partial charge in [0.15, 0.2) is 0 Å². The second-order valence-electron chi connectivity index (χ2n) is 4.77. The van der Waals surface area contributed by atoms with Gasteiger partial charge in [0.25, 0.3) is 0 Å². The van der Waals surface area contributed by atoms with Crippen molar-refractivity contribution in [2.24, 2.45) is 7.05 Å². The summed E-state index contributed by atoms with van der Waals surface area (Å²) in [6, 6.07) is 6.87. The Labute approximate surface area is 108 Å². The third kappa shape index (κ3) is 2.76. The second kappa shape index (κ2) is 5.31. The quantitative estimate of drug-likeness (QED) is 0.893. The third-order valence-corrected chi connectivity index (χ3v) is 3.35. The molecule has 0 saturated carbocycles. The molecule has 4 heteroatoms. The van der Waals surface area contributed by atoms with Crippen LogP contribution in [0, 0.1) is 13.8 Å². The molecule has 4 nitrogen and oxygen atoms in total. The number of aromatic nitrogens is 3. The molecule has 0 bridgehead atoms. The van der Waals surface area contributed by atoms with Gasteiger partial charge in [-0.1, -0.05) is 23.4 Å². The van der Waals surface area contributed by atoms with Crippen LogP contribution in [0.3, 0.4) is 0 Å². The minimum atomic E-state index is 0.279. The van der Waals surface area contributed by atoms with Gasteiger partial charge in [-0.25, -0.2) is 0 Å². The maximum Gasteiger partial charge on any atom is 0.0845 e. The molecule has 1 unspecified atom stereocenters. The van der Waals surface area contributed by atoms with Crippen molar-refractivity contribution in [1.82, 2.24) is 20.3 Å². The summed E-state index contributed by atoms with van der Waals surface area (Å²) in [5.74, 6) is 0. The lowest BCUT2D eigenvalue weighted by atomic mass is 9.98. The maximum absolute atomic E-state index is 4.14. The van der Waals surface area contributed by atoms with Crippen molar-refractivity contribution in [3.05, 3.63) is 46.8 Å². The normalized spacial score (nSPS) is 12.7. The molecule has 0 aliphatic carbocycles. The number of nitrogens with one attached hydrogen (secondary N) is 1. The average molecular weight is 244 g/mol. The summed E-state index contributed by atoms with van der Waals surface area (Å²) < 4.78 is 1.74. The van der Waals surface area contributed by atoms with Gasteiger partial charge in [-0.3, -0.25) is 4.68 Å². The van der Waals surface area contributed by atoms with Crippen molar-refractivity contribution in [3.63, 3.8) is 0 Å². The molecule has 2 rings (SSSR count). The van der Waals surface area contributed by atoms with Gasteiger partial charge in [-0.15, -0.1) is 5.10 Å². The Morgan fingerprint density at radius 1 is 1.28 bits per heavy atom. The highest BCUT2D eigenvalue weighted by molar-refractivity contribution is 5.32. The second-order valence-corrected chi connectivity index (χ2v) is 4.77. The fourth-order valence-electron chi connectivity index (χ4n) is 2.07. The third-order valence-electron chi connectivity index (χ3n) is 3.35. The summed E-state index contributed by atoms with van der Waals surface area (Å²) >= 11 is 0. The van der Waals surface area contributed by atoms with E-state index >= 15 is 0 Å². The van der Waals surface area contributed by atoms with E-state index in [1.54, 1.807) is 4.68 Å². The zero-order valence-electron chi connectivity index (χ0n) is 11.4. The maximum atomic E-state index is 4.14. The molecule has 0 amide bonds. The molecule has 96 valence electrons. The molecule has 0 spiro atoms. The highest BCUT2D eigenvalue weighted by Gasteiger charge is 2.12.